The minimum absolute atomic E-state index is 0.0454. The van der Waals surface area contributed by atoms with Crippen molar-refractivity contribution in [2.45, 2.75) is 58.3 Å². The zero-order chi connectivity index (χ0) is 30.5. The van der Waals surface area contributed by atoms with Crippen molar-refractivity contribution in [1.82, 2.24) is 5.32 Å². The van der Waals surface area contributed by atoms with Gasteiger partial charge in [-0.25, -0.2) is 4.79 Å². The number of hydrogen-bond acceptors (Lipinski definition) is 14. The monoisotopic (exact) mass is 582 g/mol. The van der Waals surface area contributed by atoms with Crippen molar-refractivity contribution in [3.8, 4) is 5.75 Å². The van der Waals surface area contributed by atoms with Crippen LogP contribution in [-0.4, -0.2) is 85.4 Å². The second-order valence-corrected chi connectivity index (χ2v) is 8.44. The number of esters is 3. The van der Waals surface area contributed by atoms with E-state index in [1.54, 1.807) is 0 Å². The third-order valence-corrected chi connectivity index (χ3v) is 5.14. The standard InChI is InChI=1S/C25H30N2O14/c1-14(28)26-21-23(39-17(4)31)22(38-16(3)30)20(13-37-15(2)29)41-24(21)35-11-5-6-12-36-25(32)40-19-9-7-18(8-10-19)27(33)34/h5-10,20-24H,11-13H2,1-4H3,(H,26,28)/b6-5+/t20-,21-,22-,23-,24-/m1/s1. The Morgan fingerprint density at radius 1 is 0.902 bits per heavy atom. The summed E-state index contributed by atoms with van der Waals surface area (Å²) in [6, 6.07) is 3.68. The number of carbonyl (C=O) groups excluding carboxylic acids is 5. The molecule has 41 heavy (non-hydrogen) atoms. The van der Waals surface area contributed by atoms with Gasteiger partial charge in [-0.05, 0) is 18.2 Å². The second-order valence-electron chi connectivity index (χ2n) is 8.44. The number of nitrogens with zero attached hydrogens (tertiary/aromatic N) is 1. The summed E-state index contributed by atoms with van der Waals surface area (Å²) in [6.45, 7) is 3.87. The summed E-state index contributed by atoms with van der Waals surface area (Å²) in [5, 5.41) is 13.2. The Kier molecular flexibility index (Phi) is 12.6. The van der Waals surface area contributed by atoms with Gasteiger partial charge >= 0.3 is 24.1 Å². The fourth-order valence-electron chi connectivity index (χ4n) is 3.60. The first kappa shape index (κ1) is 32.6. The maximum atomic E-state index is 11.9. The largest absolute Gasteiger partial charge is 0.514 e. The first-order valence-corrected chi connectivity index (χ1v) is 12.1. The first-order valence-electron chi connectivity index (χ1n) is 12.1. The summed E-state index contributed by atoms with van der Waals surface area (Å²) < 4.78 is 37.0. The molecule has 5 atom stereocenters. The number of ether oxygens (including phenoxy) is 7. The van der Waals surface area contributed by atoms with Crippen LogP contribution in [0.25, 0.3) is 0 Å². The highest BCUT2D eigenvalue weighted by atomic mass is 16.7. The van der Waals surface area contributed by atoms with Gasteiger partial charge in [-0.2, -0.15) is 0 Å². The Balaban J connectivity index is 2.04. The van der Waals surface area contributed by atoms with Crippen LogP contribution in [0.4, 0.5) is 10.5 Å². The van der Waals surface area contributed by atoms with Crippen LogP contribution in [-0.2, 0) is 47.6 Å². The van der Waals surface area contributed by atoms with E-state index in [1.165, 1.54) is 43.3 Å². The van der Waals surface area contributed by atoms with E-state index < -0.39 is 65.5 Å². The molecule has 16 heteroatoms. The fraction of sp³-hybridized carbons (Fsp3) is 0.480. The molecule has 0 radical (unpaired) electrons. The van der Waals surface area contributed by atoms with Gasteiger partial charge in [0, 0.05) is 39.8 Å². The Labute approximate surface area is 233 Å². The lowest BCUT2D eigenvalue weighted by atomic mass is 9.96. The van der Waals surface area contributed by atoms with E-state index in [4.69, 9.17) is 33.2 Å². The van der Waals surface area contributed by atoms with E-state index in [9.17, 15) is 34.1 Å². The highest BCUT2D eigenvalue weighted by Gasteiger charge is 2.51. The maximum absolute atomic E-state index is 11.9. The average Bonchev–Trinajstić information content (AvgIpc) is 2.87. The van der Waals surface area contributed by atoms with Crippen molar-refractivity contribution in [3.63, 3.8) is 0 Å². The van der Waals surface area contributed by atoms with E-state index in [2.05, 4.69) is 5.32 Å². The molecule has 0 unspecified atom stereocenters. The molecule has 1 fully saturated rings. The van der Waals surface area contributed by atoms with Crippen molar-refractivity contribution in [3.05, 3.63) is 46.5 Å². The predicted molar refractivity (Wildman–Crippen MR) is 134 cm³/mol. The lowest BCUT2D eigenvalue weighted by Crippen LogP contribution is -2.66. The molecule has 1 amide bonds. The molecule has 1 N–H and O–H groups in total. The minimum atomic E-state index is -1.26. The van der Waals surface area contributed by atoms with Crippen LogP contribution in [0.3, 0.4) is 0 Å². The number of nitro groups is 1. The summed E-state index contributed by atoms with van der Waals surface area (Å²) in [6.07, 6.45) is -3.08. The minimum Gasteiger partial charge on any atom is -0.463 e. The van der Waals surface area contributed by atoms with Crippen molar-refractivity contribution in [1.29, 1.82) is 0 Å². The zero-order valence-corrected chi connectivity index (χ0v) is 22.6. The number of carbonyl (C=O) groups is 5. The molecule has 0 bridgehead atoms. The Bertz CT molecular complexity index is 1140. The molecule has 1 heterocycles. The van der Waals surface area contributed by atoms with Crippen LogP contribution < -0.4 is 10.1 Å². The van der Waals surface area contributed by atoms with Crippen molar-refractivity contribution in [2.75, 3.05) is 19.8 Å². The second kappa shape index (κ2) is 15.9. The van der Waals surface area contributed by atoms with E-state index in [0.29, 0.717) is 0 Å². The Morgan fingerprint density at radius 3 is 2.07 bits per heavy atom. The number of non-ortho nitro benzene ring substituents is 1. The average molecular weight is 583 g/mol. The van der Waals surface area contributed by atoms with Gasteiger partial charge in [0.2, 0.25) is 5.91 Å². The van der Waals surface area contributed by atoms with Gasteiger partial charge in [0.25, 0.3) is 5.69 Å². The summed E-state index contributed by atoms with van der Waals surface area (Å²) in [7, 11) is 0. The van der Waals surface area contributed by atoms with E-state index >= 15 is 0 Å². The van der Waals surface area contributed by atoms with Crippen LogP contribution in [0.1, 0.15) is 27.7 Å². The highest BCUT2D eigenvalue weighted by molar-refractivity contribution is 5.73. The molecular formula is C25H30N2O14. The summed E-state index contributed by atoms with van der Waals surface area (Å²) in [5.74, 6) is -2.61. The molecule has 1 aliphatic rings. The SMILES string of the molecule is CC(=O)N[C@H]1[C@H](OC/C=C/COC(=O)Oc2ccc([N+](=O)[O-])cc2)O[C@H](COC(C)=O)[C@@H](OC(C)=O)[C@@H]1OC(C)=O. The normalized spacial score (nSPS) is 21.8. The highest BCUT2D eigenvalue weighted by Crippen LogP contribution is 2.28. The molecule has 16 nitrogen and oxygen atoms in total. The fourth-order valence-corrected chi connectivity index (χ4v) is 3.60. The third-order valence-electron chi connectivity index (χ3n) is 5.14. The first-order chi connectivity index (χ1) is 19.4. The number of nitrogens with one attached hydrogen (secondary N) is 1. The molecule has 224 valence electrons. The molecule has 0 spiro atoms. The Hall–Kier alpha value is -4.57. The summed E-state index contributed by atoms with van der Waals surface area (Å²) in [4.78, 5) is 68.9. The van der Waals surface area contributed by atoms with Crippen LogP contribution in [0.15, 0.2) is 36.4 Å². The van der Waals surface area contributed by atoms with Crippen LogP contribution in [0, 0.1) is 10.1 Å². The summed E-state index contributed by atoms with van der Waals surface area (Å²) in [5.41, 5.74) is -0.171. The molecular weight excluding hydrogens is 552 g/mol. The molecule has 0 aliphatic carbocycles. The molecule has 1 aromatic rings. The topological polar surface area (TPSA) is 205 Å². The number of benzene rings is 1. The van der Waals surface area contributed by atoms with Gasteiger partial charge < -0.3 is 38.5 Å². The third kappa shape index (κ3) is 11.2. The molecule has 1 aliphatic heterocycles. The van der Waals surface area contributed by atoms with E-state index in [0.717, 1.165) is 20.8 Å². The van der Waals surface area contributed by atoms with Crippen molar-refractivity contribution < 1.29 is 62.1 Å². The molecule has 1 saturated heterocycles. The van der Waals surface area contributed by atoms with Crippen molar-refractivity contribution >= 4 is 35.7 Å². The van der Waals surface area contributed by atoms with Gasteiger partial charge in [-0.15, -0.1) is 0 Å². The molecule has 0 aromatic heterocycles. The number of hydrogen-bond donors (Lipinski definition) is 1. The Morgan fingerprint density at radius 2 is 1.51 bits per heavy atom. The van der Waals surface area contributed by atoms with Crippen LogP contribution in [0.5, 0.6) is 5.75 Å². The van der Waals surface area contributed by atoms with E-state index in [1.807, 2.05) is 0 Å². The molecule has 1 aromatic carbocycles. The van der Waals surface area contributed by atoms with Crippen molar-refractivity contribution in [2.24, 2.45) is 0 Å². The zero-order valence-electron chi connectivity index (χ0n) is 22.6. The predicted octanol–water partition coefficient (Wildman–Crippen LogP) is 1.34. The quantitative estimate of drug-likeness (QED) is 0.0922. The van der Waals surface area contributed by atoms with Gasteiger partial charge in [0.05, 0.1) is 11.5 Å². The molecule has 2 rings (SSSR count). The smallest absolute Gasteiger partial charge is 0.463 e. The number of nitro benzene ring substituents is 1. The van der Waals surface area contributed by atoms with E-state index in [-0.39, 0.29) is 31.3 Å². The van der Waals surface area contributed by atoms with Crippen LogP contribution >= 0.6 is 0 Å². The van der Waals surface area contributed by atoms with Gasteiger partial charge in [-0.3, -0.25) is 29.3 Å². The maximum Gasteiger partial charge on any atom is 0.514 e. The van der Waals surface area contributed by atoms with Gasteiger partial charge in [0.15, 0.2) is 18.5 Å². The molecule has 0 saturated carbocycles. The lowest BCUT2D eigenvalue weighted by Gasteiger charge is -2.44. The number of rotatable bonds is 12. The van der Waals surface area contributed by atoms with Crippen LogP contribution in [0.2, 0.25) is 0 Å². The number of amides is 1. The van der Waals surface area contributed by atoms with Gasteiger partial charge in [0.1, 0.15) is 31.1 Å². The summed E-state index contributed by atoms with van der Waals surface area (Å²) >= 11 is 0. The lowest BCUT2D eigenvalue weighted by molar-refractivity contribution is -0.384. The van der Waals surface area contributed by atoms with Gasteiger partial charge in [-0.1, -0.05) is 6.08 Å².